The number of aliphatic carboxylic acids is 1. The first-order chi connectivity index (χ1) is 5.68. The van der Waals surface area contributed by atoms with Gasteiger partial charge in [-0.25, -0.2) is 4.79 Å². The van der Waals surface area contributed by atoms with Gasteiger partial charge in [-0.15, -0.1) is 0 Å². The highest BCUT2D eigenvalue weighted by atomic mass is 16.4. The second-order valence-electron chi connectivity index (χ2n) is 2.54. The van der Waals surface area contributed by atoms with Gasteiger partial charge in [0.25, 0.3) is 0 Å². The fourth-order valence-electron chi connectivity index (χ4n) is 0.776. The van der Waals surface area contributed by atoms with Crippen LogP contribution in [0.15, 0.2) is 0 Å². The summed E-state index contributed by atoms with van der Waals surface area (Å²) in [6.45, 7) is 4.01. The summed E-state index contributed by atoms with van der Waals surface area (Å²) in [4.78, 5) is 19.5. The maximum atomic E-state index is 9.91. The van der Waals surface area contributed by atoms with Crippen molar-refractivity contribution < 1.29 is 14.7 Å². The molecule has 0 spiro atoms. The molecule has 0 radical (unpaired) electrons. The van der Waals surface area contributed by atoms with E-state index in [0.29, 0.717) is 0 Å². The van der Waals surface area contributed by atoms with Gasteiger partial charge in [0.15, 0.2) is 0 Å². The molecule has 4 heteroatoms. The van der Waals surface area contributed by atoms with Gasteiger partial charge in [0.05, 0.1) is 0 Å². The number of carboxylic acids is 1. The molecule has 0 bridgehead atoms. The van der Waals surface area contributed by atoms with Crippen molar-refractivity contribution in [1.82, 2.24) is 5.32 Å². The summed E-state index contributed by atoms with van der Waals surface area (Å²) >= 11 is 0. The third-order valence-corrected chi connectivity index (χ3v) is 1.52. The Hall–Kier alpha value is -0.900. The zero-order valence-electron chi connectivity index (χ0n) is 7.30. The van der Waals surface area contributed by atoms with Gasteiger partial charge in [-0.3, -0.25) is 4.79 Å². The van der Waals surface area contributed by atoms with E-state index in [2.05, 4.69) is 5.32 Å². The summed E-state index contributed by atoms with van der Waals surface area (Å²) in [7, 11) is 0. The Morgan fingerprint density at radius 2 is 1.83 bits per heavy atom. The van der Waals surface area contributed by atoms with E-state index in [1.807, 2.05) is 0 Å². The van der Waals surface area contributed by atoms with Crippen molar-refractivity contribution in [1.29, 1.82) is 0 Å². The largest absolute Gasteiger partial charge is 0.476 e. The van der Waals surface area contributed by atoms with Crippen LogP contribution in [0.3, 0.4) is 0 Å². The molecule has 0 aromatic carbocycles. The quantitative estimate of drug-likeness (QED) is 0.594. The van der Waals surface area contributed by atoms with Crippen molar-refractivity contribution in [2.24, 2.45) is 0 Å². The van der Waals surface area contributed by atoms with Gasteiger partial charge in [0.1, 0.15) is 0 Å². The van der Waals surface area contributed by atoms with E-state index in [-0.39, 0.29) is 6.42 Å². The van der Waals surface area contributed by atoms with Crippen molar-refractivity contribution in [3.05, 3.63) is 0 Å². The Morgan fingerprint density at radius 3 is 1.92 bits per heavy atom. The van der Waals surface area contributed by atoms with Crippen LogP contribution in [0.1, 0.15) is 26.2 Å². The lowest BCUT2D eigenvalue weighted by molar-refractivity contribution is -0.148. The van der Waals surface area contributed by atoms with Gasteiger partial charge in [0.2, 0.25) is 5.78 Å². The van der Waals surface area contributed by atoms with Crippen LogP contribution < -0.4 is 5.32 Å². The number of nitrogens with one attached hydrogen (secondary N) is 1. The molecule has 2 N–H and O–H groups in total. The van der Waals surface area contributed by atoms with E-state index >= 15 is 0 Å². The Balaban J connectivity index is 0.000000211. The first kappa shape index (κ1) is 11.1. The topological polar surface area (TPSA) is 66.4 Å². The molecule has 1 aliphatic rings. The highest BCUT2D eigenvalue weighted by Crippen LogP contribution is 1.90. The van der Waals surface area contributed by atoms with Gasteiger partial charge in [-0.1, -0.05) is 6.92 Å². The van der Waals surface area contributed by atoms with Crippen LogP contribution in [-0.4, -0.2) is 29.9 Å². The van der Waals surface area contributed by atoms with Crippen LogP contribution in [0, 0.1) is 0 Å². The Morgan fingerprint density at radius 1 is 1.33 bits per heavy atom. The monoisotopic (exact) mass is 173 g/mol. The predicted octanol–water partition coefficient (Wildman–Crippen LogP) is 0.420. The van der Waals surface area contributed by atoms with Crippen LogP contribution in [-0.2, 0) is 9.59 Å². The number of rotatable bonds is 2. The molecule has 12 heavy (non-hydrogen) atoms. The van der Waals surface area contributed by atoms with Crippen molar-refractivity contribution in [2.75, 3.05) is 13.1 Å². The molecule has 0 aromatic heterocycles. The molecule has 1 rings (SSSR count). The number of hydrogen-bond donors (Lipinski definition) is 2. The summed E-state index contributed by atoms with van der Waals surface area (Å²) < 4.78 is 0. The van der Waals surface area contributed by atoms with Crippen molar-refractivity contribution in [3.8, 4) is 0 Å². The molecule has 70 valence electrons. The predicted molar refractivity (Wildman–Crippen MR) is 45.0 cm³/mol. The molecule has 0 unspecified atom stereocenters. The highest BCUT2D eigenvalue weighted by Gasteiger charge is 2.05. The molecule has 0 amide bonds. The molecule has 1 saturated heterocycles. The number of carbonyl (C=O) groups excluding carboxylic acids is 1. The standard InChI is InChI=1S/C4H9N.C4H6O3/c1-2-4-5-3-1;1-2-3(5)4(6)7/h5H,1-4H2;2H2,1H3,(H,6,7). The molecule has 0 saturated carbocycles. The number of hydrogen-bond acceptors (Lipinski definition) is 3. The lowest BCUT2D eigenvalue weighted by Crippen LogP contribution is -2.09. The number of carbonyl (C=O) groups is 2. The fraction of sp³-hybridized carbons (Fsp3) is 0.750. The molecule has 0 aromatic rings. The van der Waals surface area contributed by atoms with Crippen LogP contribution in [0.5, 0.6) is 0 Å². The Kier molecular flexibility index (Phi) is 6.28. The van der Waals surface area contributed by atoms with Crippen molar-refractivity contribution >= 4 is 11.8 Å². The van der Waals surface area contributed by atoms with E-state index < -0.39 is 11.8 Å². The van der Waals surface area contributed by atoms with Crippen LogP contribution in [0.2, 0.25) is 0 Å². The van der Waals surface area contributed by atoms with Gasteiger partial charge in [-0.05, 0) is 25.9 Å². The van der Waals surface area contributed by atoms with E-state index in [1.54, 1.807) is 0 Å². The third kappa shape index (κ3) is 5.85. The summed E-state index contributed by atoms with van der Waals surface area (Å²) in [5.41, 5.74) is 0. The molecule has 1 aliphatic heterocycles. The second kappa shape index (κ2) is 6.79. The first-order valence-electron chi connectivity index (χ1n) is 4.15. The van der Waals surface area contributed by atoms with Crippen molar-refractivity contribution in [3.63, 3.8) is 0 Å². The van der Waals surface area contributed by atoms with Crippen LogP contribution in [0.25, 0.3) is 0 Å². The average Bonchev–Trinajstić information content (AvgIpc) is 2.59. The number of Topliss-reactive ketones (excluding diaryl/α,β-unsaturated/α-hetero) is 1. The van der Waals surface area contributed by atoms with Gasteiger partial charge < -0.3 is 10.4 Å². The summed E-state index contributed by atoms with van der Waals surface area (Å²) in [6.07, 6.45) is 2.86. The van der Waals surface area contributed by atoms with Crippen LogP contribution in [0.4, 0.5) is 0 Å². The number of ketones is 1. The molecule has 1 fully saturated rings. The van der Waals surface area contributed by atoms with Gasteiger partial charge in [0, 0.05) is 6.42 Å². The Bertz CT molecular complexity index is 145. The minimum atomic E-state index is -1.34. The van der Waals surface area contributed by atoms with Gasteiger partial charge in [-0.2, -0.15) is 0 Å². The summed E-state index contributed by atoms with van der Waals surface area (Å²) in [5.74, 6) is -2.08. The first-order valence-corrected chi connectivity index (χ1v) is 4.15. The normalized spacial score (nSPS) is 14.8. The molecule has 4 nitrogen and oxygen atoms in total. The maximum absolute atomic E-state index is 9.91. The average molecular weight is 173 g/mol. The Labute approximate surface area is 72.0 Å². The lowest BCUT2D eigenvalue weighted by atomic mass is 10.3. The third-order valence-electron chi connectivity index (χ3n) is 1.52. The zero-order valence-corrected chi connectivity index (χ0v) is 7.30. The summed E-state index contributed by atoms with van der Waals surface area (Å²) in [6, 6.07) is 0. The van der Waals surface area contributed by atoms with Gasteiger partial charge >= 0.3 is 5.97 Å². The van der Waals surface area contributed by atoms with E-state index in [9.17, 15) is 9.59 Å². The minimum Gasteiger partial charge on any atom is -0.476 e. The summed E-state index contributed by atoms with van der Waals surface area (Å²) in [5, 5.41) is 11.1. The van der Waals surface area contributed by atoms with Crippen LogP contribution >= 0.6 is 0 Å². The fourth-order valence-corrected chi connectivity index (χ4v) is 0.776. The zero-order chi connectivity index (χ0) is 9.40. The smallest absolute Gasteiger partial charge is 0.372 e. The molecular weight excluding hydrogens is 158 g/mol. The SMILES string of the molecule is C1CCNC1.CCC(=O)C(=O)O. The minimum absolute atomic E-state index is 0.0787. The highest BCUT2D eigenvalue weighted by molar-refractivity contribution is 6.32. The molecule has 0 aliphatic carbocycles. The van der Waals surface area contributed by atoms with E-state index in [4.69, 9.17) is 5.11 Å². The van der Waals surface area contributed by atoms with E-state index in [1.165, 1.54) is 32.9 Å². The second-order valence-corrected chi connectivity index (χ2v) is 2.54. The maximum Gasteiger partial charge on any atom is 0.372 e. The van der Waals surface area contributed by atoms with Crippen molar-refractivity contribution in [2.45, 2.75) is 26.2 Å². The number of carboxylic acid groups (broad SMARTS) is 1. The molecule has 0 atom stereocenters. The molecule has 1 heterocycles. The van der Waals surface area contributed by atoms with E-state index in [0.717, 1.165) is 0 Å². The molecular formula is C8H15NO3. The lowest BCUT2D eigenvalue weighted by Gasteiger charge is -1.80.